The van der Waals surface area contributed by atoms with Crippen LogP contribution < -0.4 is 5.32 Å². The lowest BCUT2D eigenvalue weighted by atomic mass is 10.2. The molecule has 0 unspecified atom stereocenters. The highest BCUT2D eigenvalue weighted by atomic mass is 32.1. The standard InChI is InChI=1S/C8H7N3S2/c12-8(13)9-7-5-3-1-2-4-6(5)10-11-7/h1-4H,(H3,9,10,11,12,13). The summed E-state index contributed by atoms with van der Waals surface area (Å²) < 4.78 is 0.414. The van der Waals surface area contributed by atoms with Crippen molar-refractivity contribution in [2.45, 2.75) is 0 Å². The third kappa shape index (κ3) is 1.66. The monoisotopic (exact) mass is 209 g/mol. The number of aromatic nitrogens is 2. The molecule has 2 N–H and O–H groups in total. The SMILES string of the molecule is S=C(S)Nc1n[nH]c2ccccc12. The van der Waals surface area contributed by atoms with E-state index < -0.39 is 0 Å². The van der Waals surface area contributed by atoms with Gasteiger partial charge in [0, 0.05) is 5.39 Å². The van der Waals surface area contributed by atoms with Gasteiger partial charge in [0.25, 0.3) is 0 Å². The Morgan fingerprint density at radius 1 is 1.46 bits per heavy atom. The number of fused-ring (bicyclic) bond motifs is 1. The van der Waals surface area contributed by atoms with Gasteiger partial charge in [0.2, 0.25) is 0 Å². The van der Waals surface area contributed by atoms with Crippen LogP contribution in [0.3, 0.4) is 0 Å². The van der Waals surface area contributed by atoms with Gasteiger partial charge in [0.05, 0.1) is 5.52 Å². The van der Waals surface area contributed by atoms with Gasteiger partial charge in [-0.15, -0.1) is 12.6 Å². The maximum atomic E-state index is 4.81. The quantitative estimate of drug-likeness (QED) is 0.498. The number of thiocarbonyl (C=S) groups is 1. The Bertz CT molecular complexity index is 449. The van der Waals surface area contributed by atoms with Crippen LogP contribution >= 0.6 is 24.8 Å². The predicted molar refractivity (Wildman–Crippen MR) is 61.3 cm³/mol. The van der Waals surface area contributed by atoms with Crippen molar-refractivity contribution in [3.63, 3.8) is 0 Å². The van der Waals surface area contributed by atoms with Crippen molar-refractivity contribution in [1.82, 2.24) is 10.2 Å². The highest BCUT2D eigenvalue weighted by molar-refractivity contribution is 8.11. The molecule has 0 bridgehead atoms. The molecule has 0 aliphatic carbocycles. The van der Waals surface area contributed by atoms with E-state index in [1.165, 1.54) is 0 Å². The molecule has 2 aromatic rings. The minimum atomic E-state index is 0.414. The summed E-state index contributed by atoms with van der Waals surface area (Å²) in [5.74, 6) is 0.718. The number of aromatic amines is 1. The molecule has 0 radical (unpaired) electrons. The second-order valence-electron chi connectivity index (χ2n) is 2.55. The van der Waals surface area contributed by atoms with Gasteiger partial charge in [-0.2, -0.15) is 5.10 Å². The number of hydrogen-bond acceptors (Lipinski definition) is 2. The fourth-order valence-electron chi connectivity index (χ4n) is 1.16. The average Bonchev–Trinajstić information content (AvgIpc) is 2.48. The van der Waals surface area contributed by atoms with Gasteiger partial charge in [-0.3, -0.25) is 5.10 Å². The molecule has 66 valence electrons. The van der Waals surface area contributed by atoms with Crippen LogP contribution in [0.1, 0.15) is 0 Å². The number of H-pyrrole nitrogens is 1. The number of para-hydroxylation sites is 1. The minimum Gasteiger partial charge on any atom is -0.324 e. The molecule has 0 aliphatic rings. The zero-order valence-electron chi connectivity index (χ0n) is 6.61. The molecular weight excluding hydrogens is 202 g/mol. The lowest BCUT2D eigenvalue weighted by Gasteiger charge is -1.97. The van der Waals surface area contributed by atoms with Gasteiger partial charge < -0.3 is 5.32 Å². The number of hydrogen-bond donors (Lipinski definition) is 3. The Morgan fingerprint density at radius 2 is 2.23 bits per heavy atom. The van der Waals surface area contributed by atoms with Gasteiger partial charge in [-0.25, -0.2) is 0 Å². The number of nitrogens with zero attached hydrogens (tertiary/aromatic N) is 1. The summed E-state index contributed by atoms with van der Waals surface area (Å²) in [4.78, 5) is 0. The summed E-state index contributed by atoms with van der Waals surface area (Å²) in [6.45, 7) is 0. The maximum Gasteiger partial charge on any atom is 0.161 e. The Hall–Kier alpha value is -1.07. The molecule has 3 nitrogen and oxygen atoms in total. The number of anilines is 1. The van der Waals surface area contributed by atoms with E-state index in [4.69, 9.17) is 12.2 Å². The van der Waals surface area contributed by atoms with Crippen molar-refractivity contribution in [3.05, 3.63) is 24.3 Å². The Labute approximate surface area is 85.9 Å². The van der Waals surface area contributed by atoms with Crippen molar-refractivity contribution < 1.29 is 0 Å². The fourth-order valence-corrected chi connectivity index (χ4v) is 1.36. The summed E-state index contributed by atoms with van der Waals surface area (Å²) in [6.07, 6.45) is 0. The van der Waals surface area contributed by atoms with E-state index in [9.17, 15) is 0 Å². The van der Waals surface area contributed by atoms with Gasteiger partial charge in [-0.05, 0) is 12.1 Å². The average molecular weight is 209 g/mol. The van der Waals surface area contributed by atoms with Crippen LogP contribution in [0.5, 0.6) is 0 Å². The van der Waals surface area contributed by atoms with E-state index in [0.29, 0.717) is 4.32 Å². The molecule has 0 fully saturated rings. The summed E-state index contributed by atoms with van der Waals surface area (Å²) in [5.41, 5.74) is 0.981. The largest absolute Gasteiger partial charge is 0.324 e. The highest BCUT2D eigenvalue weighted by Crippen LogP contribution is 2.19. The van der Waals surface area contributed by atoms with Crippen LogP contribution in [0.4, 0.5) is 5.82 Å². The van der Waals surface area contributed by atoms with Gasteiger partial charge in [-0.1, -0.05) is 24.4 Å². The Balaban J connectivity index is 2.51. The molecule has 1 aromatic carbocycles. The minimum absolute atomic E-state index is 0.414. The molecule has 13 heavy (non-hydrogen) atoms. The first kappa shape index (κ1) is 8.52. The smallest absolute Gasteiger partial charge is 0.161 e. The molecule has 1 aromatic heterocycles. The van der Waals surface area contributed by atoms with Gasteiger partial charge >= 0.3 is 0 Å². The predicted octanol–water partition coefficient (Wildman–Crippen LogP) is 2.19. The summed E-state index contributed by atoms with van der Waals surface area (Å²) in [6, 6.07) is 7.82. The molecule has 5 heteroatoms. The first-order valence-corrected chi connectivity index (χ1v) is 4.56. The first-order chi connectivity index (χ1) is 6.27. The van der Waals surface area contributed by atoms with Crippen LogP contribution in [0, 0.1) is 0 Å². The molecule has 1 heterocycles. The molecule has 0 amide bonds. The molecule has 0 aliphatic heterocycles. The first-order valence-electron chi connectivity index (χ1n) is 3.70. The molecule has 0 saturated heterocycles. The third-order valence-electron chi connectivity index (χ3n) is 1.70. The van der Waals surface area contributed by atoms with Crippen molar-refractivity contribution >= 4 is 45.9 Å². The van der Waals surface area contributed by atoms with Crippen LogP contribution in [-0.4, -0.2) is 14.5 Å². The van der Waals surface area contributed by atoms with Crippen LogP contribution in [-0.2, 0) is 0 Å². The van der Waals surface area contributed by atoms with Crippen LogP contribution in [0.2, 0.25) is 0 Å². The summed E-state index contributed by atoms with van der Waals surface area (Å²) in [7, 11) is 0. The number of thiol groups is 1. The topological polar surface area (TPSA) is 40.7 Å². The van der Waals surface area contributed by atoms with E-state index in [0.717, 1.165) is 16.7 Å². The van der Waals surface area contributed by atoms with E-state index in [1.54, 1.807) is 0 Å². The van der Waals surface area contributed by atoms with Crippen LogP contribution in [0.25, 0.3) is 10.9 Å². The molecular formula is C8H7N3S2. The highest BCUT2D eigenvalue weighted by Gasteiger charge is 2.03. The zero-order chi connectivity index (χ0) is 9.26. The molecule has 0 spiro atoms. The summed E-state index contributed by atoms with van der Waals surface area (Å²) in [5, 5.41) is 10.8. The molecule has 0 atom stereocenters. The normalized spacial score (nSPS) is 10.2. The lowest BCUT2D eigenvalue weighted by molar-refractivity contribution is 1.12. The number of nitrogens with one attached hydrogen (secondary N) is 2. The van der Waals surface area contributed by atoms with E-state index in [2.05, 4.69) is 28.1 Å². The van der Waals surface area contributed by atoms with Crippen molar-refractivity contribution in [2.75, 3.05) is 5.32 Å². The van der Waals surface area contributed by atoms with Crippen molar-refractivity contribution in [3.8, 4) is 0 Å². The van der Waals surface area contributed by atoms with E-state index >= 15 is 0 Å². The number of benzene rings is 1. The molecule has 0 saturated carbocycles. The van der Waals surface area contributed by atoms with Gasteiger partial charge in [0.1, 0.15) is 4.32 Å². The molecule has 2 rings (SSSR count). The van der Waals surface area contributed by atoms with Crippen LogP contribution in [0.15, 0.2) is 24.3 Å². The Kier molecular flexibility index (Phi) is 2.20. The van der Waals surface area contributed by atoms with Crippen molar-refractivity contribution in [1.29, 1.82) is 0 Å². The maximum absolute atomic E-state index is 4.81. The summed E-state index contributed by atoms with van der Waals surface area (Å²) >= 11 is 8.78. The van der Waals surface area contributed by atoms with Gasteiger partial charge in [0.15, 0.2) is 5.82 Å². The second kappa shape index (κ2) is 3.35. The zero-order valence-corrected chi connectivity index (χ0v) is 8.32. The number of rotatable bonds is 1. The fraction of sp³-hybridized carbons (Fsp3) is 0. The van der Waals surface area contributed by atoms with Crippen molar-refractivity contribution in [2.24, 2.45) is 0 Å². The lowest BCUT2D eigenvalue weighted by Crippen LogP contribution is -2.01. The second-order valence-corrected chi connectivity index (χ2v) is 3.71. The van der Waals surface area contributed by atoms with E-state index in [1.807, 2.05) is 24.3 Å². The van der Waals surface area contributed by atoms with E-state index in [-0.39, 0.29) is 0 Å². The third-order valence-corrected chi connectivity index (χ3v) is 1.91. The Morgan fingerprint density at radius 3 is 3.00 bits per heavy atom.